The van der Waals surface area contributed by atoms with Crippen LogP contribution in [-0.4, -0.2) is 25.2 Å². The molecule has 0 radical (unpaired) electrons. The summed E-state index contributed by atoms with van der Waals surface area (Å²) >= 11 is 0. The number of rotatable bonds is 7. The standard InChI is InChI=1S/C15H18N2O2/c1-18-14-2-4-15(5-3-14)19-11-10-17-12-13-6-8-16-9-7-13/h2-9,17H,10-12H2,1H3. The lowest BCUT2D eigenvalue weighted by Crippen LogP contribution is -2.20. The SMILES string of the molecule is COc1ccc(OCCNCc2ccncc2)cc1. The summed E-state index contributed by atoms with van der Waals surface area (Å²) in [7, 11) is 1.65. The molecule has 0 saturated heterocycles. The second-order valence-electron chi connectivity index (χ2n) is 4.06. The van der Waals surface area contributed by atoms with E-state index in [1.165, 1.54) is 5.56 Å². The molecule has 0 amide bonds. The number of hydrogen-bond acceptors (Lipinski definition) is 4. The molecule has 0 fully saturated rings. The molecule has 1 heterocycles. The minimum Gasteiger partial charge on any atom is -0.497 e. The first kappa shape index (κ1) is 13.4. The molecule has 0 atom stereocenters. The molecular weight excluding hydrogens is 240 g/mol. The third kappa shape index (κ3) is 4.60. The summed E-state index contributed by atoms with van der Waals surface area (Å²) in [5, 5.41) is 3.32. The predicted molar refractivity (Wildman–Crippen MR) is 74.4 cm³/mol. The summed E-state index contributed by atoms with van der Waals surface area (Å²) in [5.41, 5.74) is 1.22. The summed E-state index contributed by atoms with van der Waals surface area (Å²) in [6.45, 7) is 2.26. The van der Waals surface area contributed by atoms with Gasteiger partial charge in [-0.15, -0.1) is 0 Å². The van der Waals surface area contributed by atoms with Gasteiger partial charge in [0.2, 0.25) is 0 Å². The van der Waals surface area contributed by atoms with Crippen LogP contribution in [0.3, 0.4) is 0 Å². The Labute approximate surface area is 113 Å². The number of pyridine rings is 1. The molecule has 1 N–H and O–H groups in total. The number of nitrogens with one attached hydrogen (secondary N) is 1. The number of benzene rings is 1. The number of aromatic nitrogens is 1. The second kappa shape index (κ2) is 7.38. The third-order valence-corrected chi connectivity index (χ3v) is 2.69. The van der Waals surface area contributed by atoms with Gasteiger partial charge in [0.05, 0.1) is 7.11 Å². The van der Waals surface area contributed by atoms with E-state index in [4.69, 9.17) is 9.47 Å². The number of nitrogens with zero attached hydrogens (tertiary/aromatic N) is 1. The van der Waals surface area contributed by atoms with E-state index in [-0.39, 0.29) is 0 Å². The molecule has 4 heteroatoms. The third-order valence-electron chi connectivity index (χ3n) is 2.69. The number of ether oxygens (including phenoxy) is 2. The van der Waals surface area contributed by atoms with Gasteiger partial charge in [-0.2, -0.15) is 0 Å². The van der Waals surface area contributed by atoms with Crippen LogP contribution in [-0.2, 0) is 6.54 Å². The van der Waals surface area contributed by atoms with Crippen molar-refractivity contribution in [2.24, 2.45) is 0 Å². The van der Waals surface area contributed by atoms with Crippen molar-refractivity contribution in [3.63, 3.8) is 0 Å². The second-order valence-corrected chi connectivity index (χ2v) is 4.06. The summed E-state index contributed by atoms with van der Waals surface area (Å²) in [4.78, 5) is 3.98. The van der Waals surface area contributed by atoms with Crippen molar-refractivity contribution in [1.29, 1.82) is 0 Å². The topological polar surface area (TPSA) is 43.4 Å². The minimum atomic E-state index is 0.636. The van der Waals surface area contributed by atoms with Gasteiger partial charge in [0.25, 0.3) is 0 Å². The highest BCUT2D eigenvalue weighted by Gasteiger charge is 1.95. The van der Waals surface area contributed by atoms with Gasteiger partial charge >= 0.3 is 0 Å². The molecule has 100 valence electrons. The fourth-order valence-electron chi connectivity index (χ4n) is 1.65. The molecule has 1 aromatic heterocycles. The van der Waals surface area contributed by atoms with Crippen molar-refractivity contribution in [3.8, 4) is 11.5 Å². The van der Waals surface area contributed by atoms with E-state index in [0.717, 1.165) is 24.6 Å². The molecule has 0 spiro atoms. The van der Waals surface area contributed by atoms with Crippen molar-refractivity contribution >= 4 is 0 Å². The molecule has 4 nitrogen and oxygen atoms in total. The van der Waals surface area contributed by atoms with E-state index in [1.807, 2.05) is 36.4 Å². The lowest BCUT2D eigenvalue weighted by atomic mass is 10.3. The van der Waals surface area contributed by atoms with Crippen molar-refractivity contribution in [2.45, 2.75) is 6.54 Å². The van der Waals surface area contributed by atoms with Crippen LogP contribution >= 0.6 is 0 Å². The summed E-state index contributed by atoms with van der Waals surface area (Å²) in [5.74, 6) is 1.69. The van der Waals surface area contributed by atoms with E-state index in [1.54, 1.807) is 19.5 Å². The molecule has 0 bridgehead atoms. The van der Waals surface area contributed by atoms with Gasteiger partial charge in [0, 0.05) is 25.5 Å². The zero-order valence-electron chi connectivity index (χ0n) is 11.0. The normalized spacial score (nSPS) is 10.2. The highest BCUT2D eigenvalue weighted by atomic mass is 16.5. The predicted octanol–water partition coefficient (Wildman–Crippen LogP) is 2.26. The van der Waals surface area contributed by atoms with Gasteiger partial charge in [-0.3, -0.25) is 4.98 Å². The Morgan fingerprint density at radius 2 is 1.68 bits per heavy atom. The molecule has 0 unspecified atom stereocenters. The van der Waals surface area contributed by atoms with Gasteiger partial charge in [-0.25, -0.2) is 0 Å². The first-order valence-corrected chi connectivity index (χ1v) is 6.25. The number of methoxy groups -OCH3 is 1. The Bertz CT molecular complexity index is 471. The maximum absolute atomic E-state index is 5.61. The van der Waals surface area contributed by atoms with Crippen molar-refractivity contribution in [2.75, 3.05) is 20.3 Å². The Morgan fingerprint density at radius 3 is 2.37 bits per heavy atom. The Hall–Kier alpha value is -2.07. The van der Waals surface area contributed by atoms with Crippen LogP contribution in [0.25, 0.3) is 0 Å². The van der Waals surface area contributed by atoms with Gasteiger partial charge in [-0.1, -0.05) is 0 Å². The van der Waals surface area contributed by atoms with Crippen LogP contribution < -0.4 is 14.8 Å². The molecular formula is C15H18N2O2. The number of hydrogen-bond donors (Lipinski definition) is 1. The lowest BCUT2D eigenvalue weighted by molar-refractivity contribution is 0.313. The maximum atomic E-state index is 5.61. The van der Waals surface area contributed by atoms with Crippen LogP contribution in [0.5, 0.6) is 11.5 Å². The fourth-order valence-corrected chi connectivity index (χ4v) is 1.65. The van der Waals surface area contributed by atoms with E-state index >= 15 is 0 Å². The van der Waals surface area contributed by atoms with Gasteiger partial charge in [0.15, 0.2) is 0 Å². The highest BCUT2D eigenvalue weighted by Crippen LogP contribution is 2.16. The Kier molecular flexibility index (Phi) is 5.19. The van der Waals surface area contributed by atoms with Gasteiger partial charge in [0.1, 0.15) is 18.1 Å². The van der Waals surface area contributed by atoms with Crippen molar-refractivity contribution in [3.05, 3.63) is 54.4 Å². The monoisotopic (exact) mass is 258 g/mol. The molecule has 2 rings (SSSR count). The highest BCUT2D eigenvalue weighted by molar-refractivity contribution is 5.31. The zero-order chi connectivity index (χ0) is 13.3. The lowest BCUT2D eigenvalue weighted by Gasteiger charge is -2.08. The largest absolute Gasteiger partial charge is 0.497 e. The van der Waals surface area contributed by atoms with Gasteiger partial charge in [-0.05, 0) is 42.0 Å². The first-order chi connectivity index (χ1) is 9.38. The van der Waals surface area contributed by atoms with E-state index in [0.29, 0.717) is 6.61 Å². The Morgan fingerprint density at radius 1 is 1.00 bits per heavy atom. The van der Waals surface area contributed by atoms with E-state index in [9.17, 15) is 0 Å². The molecule has 0 aliphatic heterocycles. The van der Waals surface area contributed by atoms with Gasteiger partial charge < -0.3 is 14.8 Å². The van der Waals surface area contributed by atoms with Crippen LogP contribution in [0.15, 0.2) is 48.8 Å². The van der Waals surface area contributed by atoms with Crippen LogP contribution in [0.2, 0.25) is 0 Å². The zero-order valence-corrected chi connectivity index (χ0v) is 11.0. The molecule has 0 aliphatic rings. The average Bonchev–Trinajstić information content (AvgIpc) is 2.49. The molecule has 0 saturated carbocycles. The van der Waals surface area contributed by atoms with E-state index in [2.05, 4.69) is 10.3 Å². The molecule has 2 aromatic rings. The summed E-state index contributed by atoms with van der Waals surface area (Å²) < 4.78 is 10.7. The molecule has 19 heavy (non-hydrogen) atoms. The Balaban J connectivity index is 1.63. The minimum absolute atomic E-state index is 0.636. The summed E-state index contributed by atoms with van der Waals surface area (Å²) in [6.07, 6.45) is 3.59. The van der Waals surface area contributed by atoms with Crippen LogP contribution in [0, 0.1) is 0 Å². The maximum Gasteiger partial charge on any atom is 0.119 e. The van der Waals surface area contributed by atoms with E-state index < -0.39 is 0 Å². The van der Waals surface area contributed by atoms with Crippen LogP contribution in [0.1, 0.15) is 5.56 Å². The molecule has 0 aliphatic carbocycles. The van der Waals surface area contributed by atoms with Crippen molar-refractivity contribution in [1.82, 2.24) is 10.3 Å². The quantitative estimate of drug-likeness (QED) is 0.774. The smallest absolute Gasteiger partial charge is 0.119 e. The first-order valence-electron chi connectivity index (χ1n) is 6.25. The van der Waals surface area contributed by atoms with Crippen LogP contribution in [0.4, 0.5) is 0 Å². The van der Waals surface area contributed by atoms with Crippen molar-refractivity contribution < 1.29 is 9.47 Å². The average molecular weight is 258 g/mol. The summed E-state index contributed by atoms with van der Waals surface area (Å²) in [6, 6.07) is 11.6. The molecule has 1 aromatic carbocycles. The fraction of sp³-hybridized carbons (Fsp3) is 0.267.